The third-order valence-electron chi connectivity index (χ3n) is 4.46. The Morgan fingerprint density at radius 1 is 0.962 bits per heavy atom. The molecule has 0 saturated carbocycles. The molecule has 1 saturated heterocycles. The highest BCUT2D eigenvalue weighted by Gasteiger charge is 2.26. The van der Waals surface area contributed by atoms with E-state index in [4.69, 9.17) is 4.74 Å². The summed E-state index contributed by atoms with van der Waals surface area (Å²) < 4.78 is 5.83. The van der Waals surface area contributed by atoms with E-state index in [1.807, 2.05) is 65.6 Å². The minimum Gasteiger partial charge on any atom is -0.370 e. The van der Waals surface area contributed by atoms with Crippen LogP contribution in [0.5, 0.6) is 0 Å². The number of aromatic nitrogens is 2. The van der Waals surface area contributed by atoms with Gasteiger partial charge in [0.2, 0.25) is 0 Å². The summed E-state index contributed by atoms with van der Waals surface area (Å²) in [5.74, 6) is 0.556. The van der Waals surface area contributed by atoms with E-state index in [0.29, 0.717) is 31.1 Å². The summed E-state index contributed by atoms with van der Waals surface area (Å²) in [5.41, 5.74) is 2.51. The van der Waals surface area contributed by atoms with Crippen molar-refractivity contribution in [1.29, 1.82) is 0 Å². The van der Waals surface area contributed by atoms with Crippen molar-refractivity contribution in [2.75, 3.05) is 19.7 Å². The van der Waals surface area contributed by atoms with Crippen molar-refractivity contribution in [3.8, 4) is 11.4 Å². The van der Waals surface area contributed by atoms with Crippen molar-refractivity contribution in [2.45, 2.75) is 6.10 Å². The third kappa shape index (κ3) is 3.48. The van der Waals surface area contributed by atoms with Gasteiger partial charge in [-0.2, -0.15) is 0 Å². The van der Waals surface area contributed by atoms with E-state index in [-0.39, 0.29) is 12.0 Å². The zero-order chi connectivity index (χ0) is 17.8. The number of amides is 1. The number of hydrogen-bond acceptors (Lipinski definition) is 4. The minimum atomic E-state index is -0.0987. The molecule has 0 spiro atoms. The number of nitrogens with zero attached hydrogens (tertiary/aromatic N) is 3. The summed E-state index contributed by atoms with van der Waals surface area (Å²) in [4.78, 5) is 23.3. The number of benzene rings is 2. The Hall–Kier alpha value is -3.05. The lowest BCUT2D eigenvalue weighted by atomic mass is 10.1. The van der Waals surface area contributed by atoms with E-state index < -0.39 is 0 Å². The zero-order valence-corrected chi connectivity index (χ0v) is 14.3. The van der Waals surface area contributed by atoms with Crippen LogP contribution in [-0.2, 0) is 4.74 Å². The van der Waals surface area contributed by atoms with Crippen LogP contribution in [0.4, 0.5) is 0 Å². The first-order valence-corrected chi connectivity index (χ1v) is 8.64. The van der Waals surface area contributed by atoms with Crippen LogP contribution >= 0.6 is 0 Å². The Labute approximate surface area is 152 Å². The van der Waals surface area contributed by atoms with E-state index in [1.54, 1.807) is 12.4 Å². The smallest absolute Gasteiger partial charge is 0.257 e. The predicted molar refractivity (Wildman–Crippen MR) is 98.5 cm³/mol. The lowest BCUT2D eigenvalue weighted by molar-refractivity contribution is -0.0228. The number of ether oxygens (including phenoxy) is 1. The Kier molecular flexibility index (Phi) is 4.71. The summed E-state index contributed by atoms with van der Waals surface area (Å²) in [6.07, 6.45) is 3.10. The van der Waals surface area contributed by atoms with Crippen LogP contribution in [-0.4, -0.2) is 40.5 Å². The molecule has 5 nitrogen and oxygen atoms in total. The third-order valence-corrected chi connectivity index (χ3v) is 4.46. The fourth-order valence-electron chi connectivity index (χ4n) is 3.06. The van der Waals surface area contributed by atoms with Gasteiger partial charge in [0, 0.05) is 24.5 Å². The number of carbonyl (C=O) groups is 1. The number of carbonyl (C=O) groups excluding carboxylic acids is 1. The van der Waals surface area contributed by atoms with Crippen molar-refractivity contribution in [3.05, 3.63) is 84.2 Å². The van der Waals surface area contributed by atoms with Gasteiger partial charge in [0.05, 0.1) is 18.7 Å². The summed E-state index contributed by atoms with van der Waals surface area (Å²) in [6, 6.07) is 19.7. The molecule has 130 valence electrons. The summed E-state index contributed by atoms with van der Waals surface area (Å²) in [6.45, 7) is 1.63. The molecule has 1 aliphatic rings. The van der Waals surface area contributed by atoms with E-state index in [1.165, 1.54) is 0 Å². The molecule has 0 radical (unpaired) electrons. The highest BCUT2D eigenvalue weighted by Crippen LogP contribution is 2.23. The lowest BCUT2D eigenvalue weighted by Crippen LogP contribution is -2.42. The SMILES string of the molecule is O=C(c1cnc(-c2ccccc2)nc1)N1CCO[C@@H](c2ccccc2)C1. The molecular formula is C21H19N3O2. The molecule has 2 aromatic carbocycles. The van der Waals surface area contributed by atoms with Gasteiger partial charge in [0.1, 0.15) is 6.10 Å². The van der Waals surface area contributed by atoms with Crippen LogP contribution in [0.25, 0.3) is 11.4 Å². The molecule has 1 amide bonds. The first kappa shape index (κ1) is 16.4. The summed E-state index contributed by atoms with van der Waals surface area (Å²) >= 11 is 0. The second kappa shape index (κ2) is 7.45. The molecular weight excluding hydrogens is 326 g/mol. The van der Waals surface area contributed by atoms with Crippen molar-refractivity contribution in [1.82, 2.24) is 14.9 Å². The Morgan fingerprint density at radius 3 is 2.31 bits per heavy atom. The molecule has 0 unspecified atom stereocenters. The largest absolute Gasteiger partial charge is 0.370 e. The van der Waals surface area contributed by atoms with Crippen LogP contribution < -0.4 is 0 Å². The van der Waals surface area contributed by atoms with Gasteiger partial charge in [-0.25, -0.2) is 9.97 Å². The van der Waals surface area contributed by atoms with Gasteiger partial charge in [-0.3, -0.25) is 4.79 Å². The molecule has 0 aliphatic carbocycles. The molecule has 5 heteroatoms. The van der Waals surface area contributed by atoms with Gasteiger partial charge < -0.3 is 9.64 Å². The van der Waals surface area contributed by atoms with E-state index in [2.05, 4.69) is 9.97 Å². The van der Waals surface area contributed by atoms with Crippen LogP contribution in [0.1, 0.15) is 22.0 Å². The maximum absolute atomic E-state index is 12.8. The molecule has 3 aromatic rings. The predicted octanol–water partition coefficient (Wildman–Crippen LogP) is 3.36. The molecule has 1 aromatic heterocycles. The minimum absolute atomic E-state index is 0.0613. The van der Waals surface area contributed by atoms with Crippen LogP contribution in [0.15, 0.2) is 73.1 Å². The van der Waals surface area contributed by atoms with Crippen molar-refractivity contribution in [2.24, 2.45) is 0 Å². The van der Waals surface area contributed by atoms with E-state index in [0.717, 1.165) is 11.1 Å². The Bertz CT molecular complexity index is 867. The first-order valence-electron chi connectivity index (χ1n) is 8.64. The van der Waals surface area contributed by atoms with Gasteiger partial charge >= 0.3 is 0 Å². The average molecular weight is 345 g/mol. The van der Waals surface area contributed by atoms with Crippen LogP contribution in [0, 0.1) is 0 Å². The lowest BCUT2D eigenvalue weighted by Gasteiger charge is -2.33. The van der Waals surface area contributed by atoms with Gasteiger partial charge in [0.15, 0.2) is 5.82 Å². The molecule has 0 bridgehead atoms. The fraction of sp³-hybridized carbons (Fsp3) is 0.190. The van der Waals surface area contributed by atoms with Crippen molar-refractivity contribution in [3.63, 3.8) is 0 Å². The quantitative estimate of drug-likeness (QED) is 0.730. The average Bonchev–Trinajstić information content (AvgIpc) is 2.75. The second-order valence-corrected chi connectivity index (χ2v) is 6.18. The molecule has 0 N–H and O–H groups in total. The molecule has 1 fully saturated rings. The van der Waals surface area contributed by atoms with Crippen molar-refractivity contribution < 1.29 is 9.53 Å². The number of rotatable bonds is 3. The normalized spacial score (nSPS) is 17.1. The summed E-state index contributed by atoms with van der Waals surface area (Å²) in [7, 11) is 0. The van der Waals surface area contributed by atoms with Crippen LogP contribution in [0.2, 0.25) is 0 Å². The molecule has 26 heavy (non-hydrogen) atoms. The number of morpholine rings is 1. The molecule has 4 rings (SSSR count). The van der Waals surface area contributed by atoms with Gasteiger partial charge in [-0.05, 0) is 5.56 Å². The van der Waals surface area contributed by atoms with Crippen molar-refractivity contribution >= 4 is 5.91 Å². The summed E-state index contributed by atoms with van der Waals surface area (Å²) in [5, 5.41) is 0. The van der Waals surface area contributed by atoms with Gasteiger partial charge in [-0.15, -0.1) is 0 Å². The standard InChI is InChI=1S/C21H19N3O2/c25-21(18-13-22-20(23-14-18)17-9-5-2-6-10-17)24-11-12-26-19(15-24)16-7-3-1-4-8-16/h1-10,13-14,19H,11-12,15H2/t19-/m1/s1. The van der Waals surface area contributed by atoms with Gasteiger partial charge in [-0.1, -0.05) is 60.7 Å². The molecule has 1 aliphatic heterocycles. The zero-order valence-electron chi connectivity index (χ0n) is 14.3. The number of hydrogen-bond donors (Lipinski definition) is 0. The maximum Gasteiger partial charge on any atom is 0.257 e. The second-order valence-electron chi connectivity index (χ2n) is 6.18. The highest BCUT2D eigenvalue weighted by molar-refractivity contribution is 5.93. The fourth-order valence-corrected chi connectivity index (χ4v) is 3.06. The van der Waals surface area contributed by atoms with Gasteiger partial charge in [0.25, 0.3) is 5.91 Å². The topological polar surface area (TPSA) is 55.3 Å². The van der Waals surface area contributed by atoms with E-state index >= 15 is 0 Å². The van der Waals surface area contributed by atoms with Crippen LogP contribution in [0.3, 0.4) is 0 Å². The Morgan fingerprint density at radius 2 is 1.62 bits per heavy atom. The monoisotopic (exact) mass is 345 g/mol. The highest BCUT2D eigenvalue weighted by atomic mass is 16.5. The maximum atomic E-state index is 12.8. The van der Waals surface area contributed by atoms with E-state index in [9.17, 15) is 4.79 Å². The molecule has 1 atom stereocenters. The Balaban J connectivity index is 1.48. The molecule has 2 heterocycles. The first-order chi connectivity index (χ1) is 12.8.